The molecule has 6 heteroatoms. The van der Waals surface area contributed by atoms with E-state index in [2.05, 4.69) is 0 Å². The Labute approximate surface area is 152 Å². The predicted octanol–water partition coefficient (Wildman–Crippen LogP) is 3.91. The second-order valence-corrected chi connectivity index (χ2v) is 8.55. The lowest BCUT2D eigenvalue weighted by Gasteiger charge is -2.28. The lowest BCUT2D eigenvalue weighted by Crippen LogP contribution is -2.41. The van der Waals surface area contributed by atoms with E-state index in [9.17, 15) is 13.2 Å². The Bertz CT molecular complexity index is 966. The predicted molar refractivity (Wildman–Crippen MR) is 101 cm³/mol. The van der Waals surface area contributed by atoms with Crippen LogP contribution in [0.25, 0.3) is 0 Å². The van der Waals surface area contributed by atoms with Crippen molar-refractivity contribution in [3.05, 3.63) is 75.7 Å². The summed E-state index contributed by atoms with van der Waals surface area (Å²) >= 11 is 6.07. The van der Waals surface area contributed by atoms with Crippen molar-refractivity contribution < 1.29 is 13.2 Å². The highest BCUT2D eigenvalue weighted by molar-refractivity contribution is 7.94. The molecule has 0 radical (unpaired) electrons. The lowest BCUT2D eigenvalue weighted by atomic mass is 10.0. The normalized spacial score (nSPS) is 18.3. The van der Waals surface area contributed by atoms with Gasteiger partial charge in [-0.1, -0.05) is 23.7 Å². The monoisotopic (exact) mass is 375 g/mol. The average Bonchev–Trinajstić information content (AvgIpc) is 2.90. The van der Waals surface area contributed by atoms with E-state index in [-0.39, 0.29) is 11.7 Å². The van der Waals surface area contributed by atoms with Gasteiger partial charge in [0.2, 0.25) is 0 Å². The minimum absolute atomic E-state index is 0.129. The number of hydrogen-bond acceptors (Lipinski definition) is 3. The summed E-state index contributed by atoms with van der Waals surface area (Å²) in [5.74, 6) is -0.382. The quantitative estimate of drug-likeness (QED) is 0.817. The van der Waals surface area contributed by atoms with Crippen LogP contribution in [0.3, 0.4) is 0 Å². The zero-order valence-electron chi connectivity index (χ0n) is 13.9. The van der Waals surface area contributed by atoms with Gasteiger partial charge in [-0.15, -0.1) is 0 Å². The second-order valence-electron chi connectivity index (χ2n) is 6.18. The van der Waals surface area contributed by atoms with Crippen molar-refractivity contribution in [1.29, 1.82) is 0 Å². The van der Waals surface area contributed by atoms with Gasteiger partial charge in [0.05, 0.1) is 11.8 Å². The first kappa shape index (κ1) is 17.7. The maximum Gasteiger partial charge on any atom is 0.258 e. The summed E-state index contributed by atoms with van der Waals surface area (Å²) in [6.07, 6.45) is 1.55. The van der Waals surface area contributed by atoms with Crippen molar-refractivity contribution in [3.8, 4) is 0 Å². The van der Waals surface area contributed by atoms with Gasteiger partial charge in [-0.05, 0) is 61.4 Å². The number of rotatable bonds is 3. The molecule has 130 valence electrons. The molecule has 1 aliphatic heterocycles. The maximum absolute atomic E-state index is 13.2. The Morgan fingerprint density at radius 1 is 1.12 bits per heavy atom. The molecule has 3 rings (SSSR count). The topological polar surface area (TPSA) is 54.5 Å². The summed E-state index contributed by atoms with van der Waals surface area (Å²) in [5, 5.41) is 1.66. The molecule has 0 unspecified atom stereocenters. The highest BCUT2D eigenvalue weighted by Crippen LogP contribution is 2.27. The van der Waals surface area contributed by atoms with Crippen LogP contribution in [0.15, 0.2) is 53.9 Å². The summed E-state index contributed by atoms with van der Waals surface area (Å²) in [7, 11) is -3.30. The molecule has 2 aromatic rings. The van der Waals surface area contributed by atoms with Gasteiger partial charge < -0.3 is 4.90 Å². The van der Waals surface area contributed by atoms with Crippen LogP contribution >= 0.6 is 11.6 Å². The van der Waals surface area contributed by atoms with Gasteiger partial charge in [0.1, 0.15) is 0 Å². The number of hydrogen-bond donors (Lipinski definition) is 0. The van der Waals surface area contributed by atoms with E-state index in [0.717, 1.165) is 11.1 Å². The van der Waals surface area contributed by atoms with Crippen molar-refractivity contribution in [3.63, 3.8) is 0 Å². The van der Waals surface area contributed by atoms with E-state index in [4.69, 9.17) is 11.6 Å². The fourth-order valence-electron chi connectivity index (χ4n) is 2.82. The maximum atomic E-state index is 13.2. The molecule has 0 N–H and O–H groups in total. The number of halogens is 1. The number of sulfone groups is 1. The molecule has 0 spiro atoms. The van der Waals surface area contributed by atoms with Gasteiger partial charge >= 0.3 is 0 Å². The Balaban J connectivity index is 2.06. The third kappa shape index (κ3) is 3.78. The van der Waals surface area contributed by atoms with Crippen LogP contribution in [0.2, 0.25) is 5.02 Å². The van der Waals surface area contributed by atoms with Gasteiger partial charge in [0, 0.05) is 21.7 Å². The molecule has 0 aromatic heterocycles. The Morgan fingerprint density at radius 3 is 2.48 bits per heavy atom. The number of aryl methyl sites for hydroxylation is 2. The standard InChI is InChI=1S/C19H18ClNO3S/c1-13-6-7-15(10-14(13)2)19(22)21(17-5-3-4-16(20)11-17)18-8-9-25(23,24)12-18/h3-11,18H,12H2,1-2H3/t18-/m0/s1. The minimum Gasteiger partial charge on any atom is -0.300 e. The fourth-order valence-corrected chi connectivity index (χ4v) is 4.27. The smallest absolute Gasteiger partial charge is 0.258 e. The number of amides is 1. The molecule has 0 aliphatic carbocycles. The van der Waals surface area contributed by atoms with Crippen LogP contribution in [0.5, 0.6) is 0 Å². The van der Waals surface area contributed by atoms with Gasteiger partial charge in [0.25, 0.3) is 5.91 Å². The fraction of sp³-hybridized carbons (Fsp3) is 0.211. The highest BCUT2D eigenvalue weighted by atomic mass is 35.5. The first-order valence-electron chi connectivity index (χ1n) is 7.84. The second kappa shape index (κ2) is 6.65. The van der Waals surface area contributed by atoms with Crippen LogP contribution in [-0.4, -0.2) is 26.1 Å². The molecule has 25 heavy (non-hydrogen) atoms. The molecular weight excluding hydrogens is 358 g/mol. The summed E-state index contributed by atoms with van der Waals surface area (Å²) in [4.78, 5) is 14.7. The molecular formula is C19H18ClNO3S. The van der Waals surface area contributed by atoms with Crippen molar-refractivity contribution in [2.75, 3.05) is 10.7 Å². The van der Waals surface area contributed by atoms with Crippen molar-refractivity contribution in [2.45, 2.75) is 19.9 Å². The zero-order chi connectivity index (χ0) is 18.2. The minimum atomic E-state index is -3.30. The van der Waals surface area contributed by atoms with Gasteiger partial charge in [0.15, 0.2) is 9.84 Å². The molecule has 1 atom stereocenters. The van der Waals surface area contributed by atoms with Gasteiger partial charge in [-0.2, -0.15) is 0 Å². The molecule has 1 aliphatic rings. The van der Waals surface area contributed by atoms with E-state index in [1.165, 1.54) is 10.3 Å². The van der Waals surface area contributed by atoms with Crippen molar-refractivity contribution in [1.82, 2.24) is 0 Å². The number of carbonyl (C=O) groups excluding carboxylic acids is 1. The summed E-state index contributed by atoms with van der Waals surface area (Å²) in [6.45, 7) is 3.92. The molecule has 1 heterocycles. The molecule has 1 amide bonds. The Kier molecular flexibility index (Phi) is 4.71. The van der Waals surface area contributed by atoms with Crippen molar-refractivity contribution in [2.24, 2.45) is 0 Å². The Morgan fingerprint density at radius 2 is 1.88 bits per heavy atom. The lowest BCUT2D eigenvalue weighted by molar-refractivity contribution is 0.0983. The molecule has 0 bridgehead atoms. The first-order valence-corrected chi connectivity index (χ1v) is 9.93. The largest absolute Gasteiger partial charge is 0.300 e. The van der Waals surface area contributed by atoms with Crippen LogP contribution in [0.4, 0.5) is 5.69 Å². The summed E-state index contributed by atoms with van der Waals surface area (Å²) in [5.41, 5.74) is 3.18. The molecule has 2 aromatic carbocycles. The number of carbonyl (C=O) groups is 1. The molecule has 4 nitrogen and oxygen atoms in total. The van der Waals surface area contributed by atoms with Crippen LogP contribution in [-0.2, 0) is 9.84 Å². The van der Waals surface area contributed by atoms with E-state index >= 15 is 0 Å². The van der Waals surface area contributed by atoms with Gasteiger partial charge in [-0.25, -0.2) is 8.42 Å². The molecule has 0 saturated heterocycles. The Hall–Kier alpha value is -2.11. The first-order chi connectivity index (χ1) is 11.8. The van der Waals surface area contributed by atoms with E-state index in [1.807, 2.05) is 26.0 Å². The molecule has 0 fully saturated rings. The van der Waals surface area contributed by atoms with Crippen LogP contribution < -0.4 is 4.90 Å². The highest BCUT2D eigenvalue weighted by Gasteiger charge is 2.32. The van der Waals surface area contributed by atoms with Crippen LogP contribution in [0.1, 0.15) is 21.5 Å². The number of anilines is 1. The van der Waals surface area contributed by atoms with Crippen LogP contribution in [0, 0.1) is 13.8 Å². The third-order valence-corrected chi connectivity index (χ3v) is 5.91. The SMILES string of the molecule is Cc1ccc(C(=O)N(c2cccc(Cl)c2)[C@H]2C=CS(=O)(=O)C2)cc1C. The average molecular weight is 376 g/mol. The number of nitrogens with zero attached hydrogens (tertiary/aromatic N) is 1. The van der Waals surface area contributed by atoms with E-state index in [1.54, 1.807) is 36.4 Å². The van der Waals surface area contributed by atoms with E-state index < -0.39 is 15.9 Å². The molecule has 0 saturated carbocycles. The zero-order valence-corrected chi connectivity index (χ0v) is 15.5. The number of benzene rings is 2. The van der Waals surface area contributed by atoms with Gasteiger partial charge in [-0.3, -0.25) is 4.79 Å². The van der Waals surface area contributed by atoms with Crippen molar-refractivity contribution >= 4 is 33.0 Å². The summed E-state index contributed by atoms with van der Waals surface area (Å²) < 4.78 is 23.7. The third-order valence-electron chi connectivity index (χ3n) is 4.30. The van der Waals surface area contributed by atoms with E-state index in [0.29, 0.717) is 16.3 Å². The summed E-state index contributed by atoms with van der Waals surface area (Å²) in [6, 6.07) is 11.8.